The van der Waals surface area contributed by atoms with Crippen molar-refractivity contribution < 1.29 is 9.53 Å². The van der Waals surface area contributed by atoms with Gasteiger partial charge < -0.3 is 15.0 Å². The maximum Gasteiger partial charge on any atom is 0.291 e. The number of allylic oxidation sites excluding steroid dienone is 2. The summed E-state index contributed by atoms with van der Waals surface area (Å²) >= 11 is 0. The Labute approximate surface area is 200 Å². The van der Waals surface area contributed by atoms with Gasteiger partial charge in [0.05, 0.1) is 11.8 Å². The second-order valence-electron chi connectivity index (χ2n) is 10.8. The minimum Gasteiger partial charge on any atom is -0.356 e. The zero-order chi connectivity index (χ0) is 24.1. The quantitative estimate of drug-likeness (QED) is 0.553. The molecule has 0 saturated carbocycles. The van der Waals surface area contributed by atoms with E-state index in [1.54, 1.807) is 0 Å². The fraction of sp³-hybridized carbons (Fsp3) is 0.393. The van der Waals surface area contributed by atoms with Crippen molar-refractivity contribution in [2.75, 3.05) is 5.32 Å². The standard InChI is InChI=1S/C28H30N4O2/c1-26(2)9-7-18(8-10-26)22-13-19(20-14-27(3)11-12-28(4,15-20)34-27)5-6-23(22)32-25(33)24-30-17-21(16-29)31-24/h5-7,11-14,17H,8-10,15H2,1-4H3,(H,30,31)(H,32,33). The Morgan fingerprint density at radius 2 is 2.03 bits per heavy atom. The molecule has 2 aliphatic heterocycles. The molecule has 2 atom stereocenters. The minimum atomic E-state index is -0.388. The lowest BCUT2D eigenvalue weighted by molar-refractivity contribution is -0.0472. The average molecular weight is 455 g/mol. The average Bonchev–Trinajstić information content (AvgIpc) is 3.35. The molecule has 174 valence electrons. The van der Waals surface area contributed by atoms with Crippen LogP contribution < -0.4 is 5.32 Å². The minimum absolute atomic E-state index is 0.126. The van der Waals surface area contributed by atoms with E-state index in [1.165, 1.54) is 17.3 Å². The highest BCUT2D eigenvalue weighted by atomic mass is 16.5. The van der Waals surface area contributed by atoms with Crippen molar-refractivity contribution in [1.29, 1.82) is 5.26 Å². The molecule has 34 heavy (non-hydrogen) atoms. The number of nitriles is 1. The van der Waals surface area contributed by atoms with Gasteiger partial charge in [-0.15, -0.1) is 0 Å². The lowest BCUT2D eigenvalue weighted by Crippen LogP contribution is -2.35. The molecule has 0 saturated heterocycles. The van der Waals surface area contributed by atoms with Crippen LogP contribution >= 0.6 is 0 Å². The number of aromatic amines is 1. The summed E-state index contributed by atoms with van der Waals surface area (Å²) in [6.07, 6.45) is 14.0. The van der Waals surface area contributed by atoms with Gasteiger partial charge in [-0.3, -0.25) is 4.79 Å². The largest absolute Gasteiger partial charge is 0.356 e. The zero-order valence-corrected chi connectivity index (χ0v) is 20.2. The summed E-state index contributed by atoms with van der Waals surface area (Å²) in [5.41, 5.74) is 5.30. The Bertz CT molecular complexity index is 1310. The molecule has 1 aromatic heterocycles. The van der Waals surface area contributed by atoms with E-state index in [4.69, 9.17) is 10.00 Å². The molecule has 0 spiro atoms. The fourth-order valence-corrected chi connectivity index (χ4v) is 5.16. The Morgan fingerprint density at radius 3 is 2.71 bits per heavy atom. The lowest BCUT2D eigenvalue weighted by atomic mass is 9.76. The van der Waals surface area contributed by atoms with Gasteiger partial charge in [0.25, 0.3) is 5.91 Å². The van der Waals surface area contributed by atoms with Crippen molar-refractivity contribution in [1.82, 2.24) is 9.97 Å². The summed E-state index contributed by atoms with van der Waals surface area (Å²) in [4.78, 5) is 19.7. The summed E-state index contributed by atoms with van der Waals surface area (Å²) in [6, 6.07) is 8.22. The van der Waals surface area contributed by atoms with Crippen LogP contribution in [0, 0.1) is 16.7 Å². The van der Waals surface area contributed by atoms with Gasteiger partial charge in [0.2, 0.25) is 0 Å². The number of rotatable bonds is 4. The van der Waals surface area contributed by atoms with Gasteiger partial charge in [-0.1, -0.05) is 38.1 Å². The van der Waals surface area contributed by atoms with Crippen LogP contribution in [0.15, 0.2) is 48.7 Å². The summed E-state index contributed by atoms with van der Waals surface area (Å²) in [5.74, 6) is -0.235. The first-order valence-electron chi connectivity index (χ1n) is 11.8. The highest BCUT2D eigenvalue weighted by Gasteiger charge is 2.42. The second kappa shape index (κ2) is 7.82. The predicted molar refractivity (Wildman–Crippen MR) is 133 cm³/mol. The highest BCUT2D eigenvalue weighted by Crippen LogP contribution is 2.46. The number of carbonyl (C=O) groups excluding carboxylic acids is 1. The molecule has 6 nitrogen and oxygen atoms in total. The number of aromatic nitrogens is 2. The SMILES string of the molecule is CC1(C)CC=C(c2cc(C3=CC4(C)C=CC(C)(C3)O4)ccc2NC(=O)c2ncc(C#N)[nH]2)CC1. The van der Waals surface area contributed by atoms with E-state index < -0.39 is 0 Å². The first-order valence-corrected chi connectivity index (χ1v) is 11.8. The Balaban J connectivity index is 1.52. The third kappa shape index (κ3) is 4.24. The van der Waals surface area contributed by atoms with Crippen LogP contribution in [0.5, 0.6) is 0 Å². The number of nitrogens with zero attached hydrogens (tertiary/aromatic N) is 2. The summed E-state index contributed by atoms with van der Waals surface area (Å²) in [7, 11) is 0. The van der Waals surface area contributed by atoms with Crippen LogP contribution in [-0.2, 0) is 4.74 Å². The van der Waals surface area contributed by atoms with E-state index in [0.29, 0.717) is 0 Å². The number of imidazole rings is 1. The molecule has 3 heterocycles. The predicted octanol–water partition coefficient (Wildman–Crippen LogP) is 6.02. The maximum absolute atomic E-state index is 12.9. The fourth-order valence-electron chi connectivity index (χ4n) is 5.16. The molecule has 0 fully saturated rings. The van der Waals surface area contributed by atoms with Gasteiger partial charge in [0, 0.05) is 17.7 Å². The van der Waals surface area contributed by atoms with E-state index in [9.17, 15) is 4.79 Å². The molecule has 1 aliphatic carbocycles. The Morgan fingerprint density at radius 1 is 1.21 bits per heavy atom. The maximum atomic E-state index is 12.9. The molecule has 0 radical (unpaired) electrons. The number of fused-ring (bicyclic) bond motifs is 2. The molecule has 6 heteroatoms. The van der Waals surface area contributed by atoms with Gasteiger partial charge in [0.15, 0.2) is 5.82 Å². The van der Waals surface area contributed by atoms with Crippen LogP contribution in [0.3, 0.4) is 0 Å². The Kier molecular flexibility index (Phi) is 5.14. The highest BCUT2D eigenvalue weighted by molar-refractivity contribution is 6.03. The first kappa shape index (κ1) is 22.4. The van der Waals surface area contributed by atoms with Crippen LogP contribution in [0.1, 0.15) is 80.8 Å². The van der Waals surface area contributed by atoms with Crippen LogP contribution in [0.25, 0.3) is 11.1 Å². The molecule has 1 aromatic carbocycles. The zero-order valence-electron chi connectivity index (χ0n) is 20.2. The molecular weight excluding hydrogens is 424 g/mol. The molecule has 5 rings (SSSR count). The number of ether oxygens (including phenoxy) is 1. The summed E-state index contributed by atoms with van der Waals surface area (Å²) in [6.45, 7) is 8.80. The van der Waals surface area contributed by atoms with Crippen molar-refractivity contribution in [3.63, 3.8) is 0 Å². The van der Waals surface area contributed by atoms with Gasteiger partial charge in [-0.2, -0.15) is 5.26 Å². The number of hydrogen-bond donors (Lipinski definition) is 2. The van der Waals surface area contributed by atoms with E-state index in [1.807, 2.05) is 12.1 Å². The van der Waals surface area contributed by atoms with Gasteiger partial charge in [-0.05, 0) is 73.4 Å². The van der Waals surface area contributed by atoms with Crippen LogP contribution in [-0.4, -0.2) is 27.1 Å². The van der Waals surface area contributed by atoms with Crippen molar-refractivity contribution in [2.24, 2.45) is 5.41 Å². The number of hydrogen-bond acceptors (Lipinski definition) is 4. The normalized spacial score (nSPS) is 27.0. The van der Waals surface area contributed by atoms with Gasteiger partial charge in [0.1, 0.15) is 17.4 Å². The monoisotopic (exact) mass is 454 g/mol. The van der Waals surface area contributed by atoms with Gasteiger partial charge >= 0.3 is 0 Å². The lowest BCUT2D eigenvalue weighted by Gasteiger charge is -2.35. The van der Waals surface area contributed by atoms with E-state index >= 15 is 0 Å². The number of amides is 1. The molecular formula is C28H30N4O2. The Hall–Kier alpha value is -3.43. The van der Waals surface area contributed by atoms with Crippen LogP contribution in [0.4, 0.5) is 5.69 Å². The number of H-pyrrole nitrogens is 1. The first-order chi connectivity index (χ1) is 16.1. The summed E-state index contributed by atoms with van der Waals surface area (Å²) < 4.78 is 6.24. The third-order valence-electron chi connectivity index (χ3n) is 7.09. The molecule has 2 aromatic rings. The number of nitrogens with one attached hydrogen (secondary N) is 2. The molecule has 2 bridgehead atoms. The van der Waals surface area contributed by atoms with Crippen molar-refractivity contribution in [3.8, 4) is 6.07 Å². The summed E-state index contributed by atoms with van der Waals surface area (Å²) in [5, 5.41) is 12.1. The van der Waals surface area contributed by atoms with E-state index in [0.717, 1.165) is 42.5 Å². The number of benzene rings is 1. The molecule has 2 N–H and O–H groups in total. The molecule has 1 amide bonds. The molecule has 2 unspecified atom stereocenters. The second-order valence-corrected chi connectivity index (χ2v) is 10.8. The molecule has 3 aliphatic rings. The topological polar surface area (TPSA) is 90.8 Å². The smallest absolute Gasteiger partial charge is 0.291 e. The van der Waals surface area contributed by atoms with Crippen molar-refractivity contribution in [2.45, 2.75) is 64.6 Å². The van der Waals surface area contributed by atoms with Gasteiger partial charge in [-0.25, -0.2) is 4.98 Å². The van der Waals surface area contributed by atoms with Crippen molar-refractivity contribution >= 4 is 22.7 Å². The van der Waals surface area contributed by atoms with E-state index in [-0.39, 0.29) is 34.0 Å². The number of anilines is 1. The number of carbonyl (C=O) groups is 1. The van der Waals surface area contributed by atoms with Crippen molar-refractivity contribution in [3.05, 3.63) is 71.3 Å². The third-order valence-corrected chi connectivity index (χ3v) is 7.09. The van der Waals surface area contributed by atoms with Crippen LogP contribution in [0.2, 0.25) is 0 Å². The van der Waals surface area contributed by atoms with E-state index in [2.05, 4.69) is 79.4 Å².